The van der Waals surface area contributed by atoms with Crippen LogP contribution in [0.1, 0.15) is 30.4 Å². The van der Waals surface area contributed by atoms with E-state index in [1.807, 2.05) is 20.0 Å². The predicted octanol–water partition coefficient (Wildman–Crippen LogP) is 2.12. The first kappa shape index (κ1) is 20.9. The molecule has 30 heavy (non-hydrogen) atoms. The number of nitrogen functional groups attached to an aromatic ring is 2. The molecule has 1 saturated heterocycles. The van der Waals surface area contributed by atoms with Crippen molar-refractivity contribution in [2.45, 2.75) is 26.2 Å². The Labute approximate surface area is 175 Å². The minimum absolute atomic E-state index is 0.249. The maximum atomic E-state index is 8.65. The van der Waals surface area contributed by atoms with Gasteiger partial charge < -0.3 is 21.7 Å². The largest absolute Gasteiger partial charge is 0.396 e. The first-order valence-corrected chi connectivity index (χ1v) is 9.76. The van der Waals surface area contributed by atoms with Crippen molar-refractivity contribution in [3.8, 4) is 12.0 Å². The van der Waals surface area contributed by atoms with Crippen LogP contribution in [-0.4, -0.2) is 44.9 Å². The van der Waals surface area contributed by atoms with Gasteiger partial charge in [-0.2, -0.15) is 15.0 Å². The second-order valence-corrected chi connectivity index (χ2v) is 6.87. The summed E-state index contributed by atoms with van der Waals surface area (Å²) in [5.41, 5.74) is 13.8. The lowest BCUT2D eigenvalue weighted by atomic mass is 10.1. The van der Waals surface area contributed by atoms with Crippen molar-refractivity contribution in [1.29, 1.82) is 5.26 Å². The fraction of sp³-hybridized carbons (Fsp3) is 0.350. The molecule has 0 bridgehead atoms. The van der Waals surface area contributed by atoms with Gasteiger partial charge in [0, 0.05) is 32.5 Å². The molecule has 0 saturated carbocycles. The van der Waals surface area contributed by atoms with Crippen LogP contribution in [0.2, 0.25) is 0 Å². The van der Waals surface area contributed by atoms with Crippen molar-refractivity contribution in [3.63, 3.8) is 0 Å². The molecule has 5 N–H and O–H groups in total. The number of nitrogens with two attached hydrogens (primary N) is 2. The van der Waals surface area contributed by atoms with Crippen molar-refractivity contribution in [3.05, 3.63) is 41.9 Å². The first-order chi connectivity index (χ1) is 14.5. The van der Waals surface area contributed by atoms with Crippen LogP contribution in [0.4, 0.5) is 23.1 Å². The van der Waals surface area contributed by atoms with Gasteiger partial charge in [-0.25, -0.2) is 15.0 Å². The van der Waals surface area contributed by atoms with Gasteiger partial charge in [-0.05, 0) is 43.9 Å². The zero-order chi connectivity index (χ0) is 21.5. The van der Waals surface area contributed by atoms with Crippen LogP contribution in [0.3, 0.4) is 0 Å². The molecule has 1 fully saturated rings. The van der Waals surface area contributed by atoms with E-state index in [9.17, 15) is 0 Å². The molecule has 4 rings (SSSR count). The van der Waals surface area contributed by atoms with Crippen LogP contribution in [0, 0.1) is 18.3 Å². The summed E-state index contributed by atoms with van der Waals surface area (Å²) in [6.07, 6.45) is 8.40. The molecule has 0 aromatic carbocycles. The van der Waals surface area contributed by atoms with Crippen molar-refractivity contribution in [2.75, 3.05) is 41.8 Å². The fourth-order valence-corrected chi connectivity index (χ4v) is 3.14. The highest BCUT2D eigenvalue weighted by Gasteiger charge is 2.14. The number of aromatic nitrogens is 5. The maximum absolute atomic E-state index is 8.65. The Morgan fingerprint density at radius 2 is 1.83 bits per heavy atom. The maximum Gasteiger partial charge on any atom is 0.252 e. The van der Waals surface area contributed by atoms with E-state index in [2.05, 4.69) is 36.3 Å². The smallest absolute Gasteiger partial charge is 0.252 e. The summed E-state index contributed by atoms with van der Waals surface area (Å²) < 4.78 is 1.32. The molecule has 0 aliphatic carbocycles. The molecule has 3 aromatic rings. The van der Waals surface area contributed by atoms with Crippen LogP contribution in [-0.2, 0) is 0 Å². The van der Waals surface area contributed by atoms with E-state index in [0.717, 1.165) is 36.0 Å². The van der Waals surface area contributed by atoms with Crippen LogP contribution in [0.5, 0.6) is 0 Å². The Morgan fingerprint density at radius 1 is 1.13 bits per heavy atom. The summed E-state index contributed by atoms with van der Waals surface area (Å²) >= 11 is 0. The van der Waals surface area contributed by atoms with Gasteiger partial charge in [-0.15, -0.1) is 0 Å². The molecule has 3 aromatic heterocycles. The third-order valence-corrected chi connectivity index (χ3v) is 4.84. The van der Waals surface area contributed by atoms with E-state index in [1.54, 1.807) is 18.5 Å². The predicted molar refractivity (Wildman–Crippen MR) is 117 cm³/mol. The summed E-state index contributed by atoms with van der Waals surface area (Å²) in [7, 11) is 1.86. The quantitative estimate of drug-likeness (QED) is 0.594. The van der Waals surface area contributed by atoms with Gasteiger partial charge >= 0.3 is 0 Å². The normalized spacial score (nSPS) is 13.2. The van der Waals surface area contributed by atoms with Gasteiger partial charge in [0.2, 0.25) is 0 Å². The number of hydrogen-bond donors (Lipinski definition) is 3. The highest BCUT2D eigenvalue weighted by atomic mass is 15.4. The molecular weight excluding hydrogens is 380 g/mol. The third-order valence-electron chi connectivity index (χ3n) is 4.84. The molecule has 0 amide bonds. The Balaban J connectivity index is 0.000000172. The summed E-state index contributed by atoms with van der Waals surface area (Å²) in [6, 6.07) is 5.70. The molecule has 1 aliphatic rings. The zero-order valence-electron chi connectivity index (χ0n) is 17.2. The van der Waals surface area contributed by atoms with Crippen LogP contribution >= 0.6 is 0 Å². The number of nitrogens with zero attached hydrogens (tertiary/aromatic N) is 7. The van der Waals surface area contributed by atoms with E-state index in [1.165, 1.54) is 30.1 Å². The van der Waals surface area contributed by atoms with E-state index < -0.39 is 0 Å². The van der Waals surface area contributed by atoms with Crippen LogP contribution < -0.4 is 21.7 Å². The highest BCUT2D eigenvalue weighted by Crippen LogP contribution is 2.26. The molecule has 0 unspecified atom stereocenters. The second kappa shape index (κ2) is 9.56. The lowest BCUT2D eigenvalue weighted by Gasteiger charge is -2.28. The average Bonchev–Trinajstić information content (AvgIpc) is 3.17. The number of pyridine rings is 1. The van der Waals surface area contributed by atoms with Gasteiger partial charge in [-0.1, -0.05) is 0 Å². The number of piperidine rings is 1. The Bertz CT molecular complexity index is 1020. The fourth-order valence-electron chi connectivity index (χ4n) is 3.14. The summed E-state index contributed by atoms with van der Waals surface area (Å²) in [6.45, 7) is 4.25. The lowest BCUT2D eigenvalue weighted by Crippen LogP contribution is -2.30. The Kier molecular flexibility index (Phi) is 6.64. The van der Waals surface area contributed by atoms with Crippen molar-refractivity contribution in [1.82, 2.24) is 24.7 Å². The second-order valence-electron chi connectivity index (χ2n) is 6.87. The highest BCUT2D eigenvalue weighted by molar-refractivity contribution is 5.69. The molecule has 10 heteroatoms. The van der Waals surface area contributed by atoms with Gasteiger partial charge in [0.25, 0.3) is 5.95 Å². The third kappa shape index (κ3) is 4.57. The number of anilines is 4. The zero-order valence-corrected chi connectivity index (χ0v) is 17.2. The number of aryl methyl sites for hydroxylation is 1. The van der Waals surface area contributed by atoms with Gasteiger partial charge in [0.1, 0.15) is 23.3 Å². The van der Waals surface area contributed by atoms with Crippen molar-refractivity contribution >= 4 is 23.1 Å². The Morgan fingerprint density at radius 3 is 2.43 bits per heavy atom. The topological polar surface area (TPSA) is 148 Å². The first-order valence-electron chi connectivity index (χ1n) is 9.76. The number of hydrogen-bond acceptors (Lipinski definition) is 9. The van der Waals surface area contributed by atoms with Crippen molar-refractivity contribution < 1.29 is 0 Å². The molecule has 1 aliphatic heterocycles. The lowest BCUT2D eigenvalue weighted by molar-refractivity contribution is 0.573. The molecular formula is C20H26N10. The minimum Gasteiger partial charge on any atom is -0.396 e. The average molecular weight is 406 g/mol. The van der Waals surface area contributed by atoms with E-state index in [0.29, 0.717) is 11.5 Å². The SMILES string of the molecule is CNc1nc(N2CCCCC2)cc(C)c1N.N#Cc1cnn(-c2ncccn2)c1N. The molecule has 4 heterocycles. The summed E-state index contributed by atoms with van der Waals surface area (Å²) in [5, 5.41) is 15.6. The van der Waals surface area contributed by atoms with E-state index in [4.69, 9.17) is 16.7 Å². The van der Waals surface area contributed by atoms with Crippen LogP contribution in [0.25, 0.3) is 5.95 Å². The minimum atomic E-state index is 0.249. The number of nitrogens with one attached hydrogen (secondary N) is 1. The number of nitriles is 1. The summed E-state index contributed by atoms with van der Waals surface area (Å²) in [4.78, 5) is 14.8. The number of rotatable bonds is 3. The van der Waals surface area contributed by atoms with Gasteiger partial charge in [-0.3, -0.25) is 0 Å². The standard InChI is InChI=1S/C12H20N4.C8H6N6/c1-9-8-10(15-12(14-2)11(9)13)16-6-4-3-5-7-16;9-4-6-5-13-14(7(6)10)8-11-2-1-3-12-8/h8H,3-7,13H2,1-2H3,(H,14,15);1-3,5H,10H2. The monoisotopic (exact) mass is 406 g/mol. The van der Waals surface area contributed by atoms with E-state index in [-0.39, 0.29) is 5.82 Å². The summed E-state index contributed by atoms with van der Waals surface area (Å²) in [5.74, 6) is 2.45. The van der Waals surface area contributed by atoms with Crippen LogP contribution in [0.15, 0.2) is 30.7 Å². The van der Waals surface area contributed by atoms with Crippen molar-refractivity contribution in [2.24, 2.45) is 0 Å². The molecule has 10 nitrogen and oxygen atoms in total. The van der Waals surface area contributed by atoms with E-state index >= 15 is 0 Å². The van der Waals surface area contributed by atoms with Gasteiger partial charge in [0.05, 0.1) is 11.9 Å². The molecule has 156 valence electrons. The molecule has 0 atom stereocenters. The molecule has 0 radical (unpaired) electrons. The molecule has 0 spiro atoms. The Hall–Kier alpha value is -3.87. The van der Waals surface area contributed by atoms with Gasteiger partial charge in [0.15, 0.2) is 5.82 Å².